The molecule has 2 fully saturated rings. The number of benzene rings is 2. The number of nitrogens with zero attached hydrogens (tertiary/aromatic N) is 3. The first kappa shape index (κ1) is 21.1. The molecule has 1 unspecified atom stereocenters. The van der Waals surface area contributed by atoms with Crippen molar-refractivity contribution >= 4 is 19.3 Å². The van der Waals surface area contributed by atoms with Crippen LogP contribution in [0.1, 0.15) is 34.0 Å². The molecule has 1 atom stereocenters. The number of fused-ring (bicyclic) bond motifs is 1. The minimum Gasteiger partial charge on any atom is -0.450 e. The first-order valence-electron chi connectivity index (χ1n) is 10.5. The molecule has 2 aliphatic heterocycles. The lowest BCUT2D eigenvalue weighted by molar-refractivity contribution is -0.385. The minimum atomic E-state index is -3.02. The summed E-state index contributed by atoms with van der Waals surface area (Å²) in [4.78, 5) is 22.9. The number of hydrogen-bond donors (Lipinski definition) is 1. The summed E-state index contributed by atoms with van der Waals surface area (Å²) in [6.45, 7) is 3.03. The Morgan fingerprint density at radius 1 is 1.16 bits per heavy atom. The second-order valence-corrected chi connectivity index (χ2v) is 10.3. The number of carbonyl (C=O) groups excluding carboxylic acids is 1. The Bertz CT molecular complexity index is 1110. The number of rotatable bonds is 8. The lowest BCUT2D eigenvalue weighted by atomic mass is 10.1. The third kappa shape index (κ3) is 3.91. The molecule has 1 amide bonds. The van der Waals surface area contributed by atoms with E-state index in [2.05, 4.69) is 5.32 Å². The highest BCUT2D eigenvalue weighted by atomic mass is 31.2. The largest absolute Gasteiger partial charge is 0.450 e. The third-order valence-corrected chi connectivity index (χ3v) is 8.60. The topological polar surface area (TPSA) is 114 Å². The van der Waals surface area contributed by atoms with Gasteiger partial charge in [-0.2, -0.15) is 0 Å². The van der Waals surface area contributed by atoms with Crippen molar-refractivity contribution < 1.29 is 23.5 Å². The van der Waals surface area contributed by atoms with Crippen LogP contribution in [0.15, 0.2) is 36.4 Å². The lowest BCUT2D eigenvalue weighted by Gasteiger charge is -2.24. The maximum atomic E-state index is 13.4. The van der Waals surface area contributed by atoms with Crippen molar-refractivity contribution in [1.29, 1.82) is 0 Å². The van der Waals surface area contributed by atoms with Crippen molar-refractivity contribution in [2.75, 3.05) is 33.2 Å². The summed E-state index contributed by atoms with van der Waals surface area (Å²) in [5.41, 5.74) is 1.90. The zero-order chi connectivity index (χ0) is 22.5. The van der Waals surface area contributed by atoms with Crippen molar-refractivity contribution in [2.24, 2.45) is 0 Å². The fraction of sp³-hybridized carbons (Fsp3) is 0.381. The van der Waals surface area contributed by atoms with Crippen LogP contribution in [-0.4, -0.2) is 53.4 Å². The Hall–Kier alpha value is -2.78. The maximum absolute atomic E-state index is 13.4. The number of ether oxygens (including phenoxy) is 1. The fourth-order valence-electron chi connectivity index (χ4n) is 3.94. The highest BCUT2D eigenvalue weighted by molar-refractivity contribution is 7.54. The highest BCUT2D eigenvalue weighted by Gasteiger charge is 2.51. The van der Waals surface area contributed by atoms with E-state index in [1.54, 1.807) is 37.4 Å². The smallest absolute Gasteiger partial charge is 0.346 e. The van der Waals surface area contributed by atoms with E-state index in [0.717, 1.165) is 37.3 Å². The van der Waals surface area contributed by atoms with Crippen LogP contribution in [0.4, 0.5) is 5.69 Å². The number of nitro groups is 1. The number of carbonyl (C=O) groups is 1. The summed E-state index contributed by atoms with van der Waals surface area (Å²) in [5, 5.41) is 14.2. The Morgan fingerprint density at radius 2 is 1.81 bits per heavy atom. The van der Waals surface area contributed by atoms with Crippen LogP contribution in [0, 0.1) is 10.1 Å². The molecule has 0 radical (unpaired) electrons. The SMILES string of the molecule is CNC(=O)c1ccc(Oc2cc3c(cc2[N+](=O)[O-])CCC3OP(=O)(N2CC2)N2CC2)cc1. The van der Waals surface area contributed by atoms with E-state index in [9.17, 15) is 19.5 Å². The first-order valence-corrected chi connectivity index (χ1v) is 12.0. The van der Waals surface area contributed by atoms with E-state index in [1.807, 2.05) is 9.34 Å². The van der Waals surface area contributed by atoms with Crippen molar-refractivity contribution in [2.45, 2.75) is 18.9 Å². The van der Waals surface area contributed by atoms with E-state index in [1.165, 1.54) is 6.07 Å². The van der Waals surface area contributed by atoms with Gasteiger partial charge in [0.2, 0.25) is 5.75 Å². The van der Waals surface area contributed by atoms with Gasteiger partial charge in [0.1, 0.15) is 5.75 Å². The third-order valence-electron chi connectivity index (χ3n) is 5.84. The number of hydrogen-bond acceptors (Lipinski definition) is 6. The number of aryl methyl sites for hydroxylation is 1. The molecule has 2 heterocycles. The zero-order valence-corrected chi connectivity index (χ0v) is 18.4. The van der Waals surface area contributed by atoms with Gasteiger partial charge in [0.15, 0.2) is 0 Å². The normalized spacial score (nSPS) is 20.0. The molecule has 2 aromatic carbocycles. The molecule has 32 heavy (non-hydrogen) atoms. The molecule has 0 aromatic heterocycles. The quantitative estimate of drug-likeness (QED) is 0.277. The second kappa shape index (κ2) is 7.97. The van der Waals surface area contributed by atoms with Crippen LogP contribution in [0.2, 0.25) is 0 Å². The second-order valence-electron chi connectivity index (χ2n) is 8.01. The van der Waals surface area contributed by atoms with Gasteiger partial charge in [-0.3, -0.25) is 24.0 Å². The predicted molar refractivity (Wildman–Crippen MR) is 116 cm³/mol. The van der Waals surface area contributed by atoms with Crippen LogP contribution >= 0.6 is 7.67 Å². The summed E-state index contributed by atoms with van der Waals surface area (Å²) in [6.07, 6.45) is 0.820. The minimum absolute atomic E-state index is 0.0882. The van der Waals surface area contributed by atoms with Gasteiger partial charge >= 0.3 is 13.4 Å². The predicted octanol–water partition coefficient (Wildman–Crippen LogP) is 3.49. The van der Waals surface area contributed by atoms with Crippen molar-refractivity contribution in [1.82, 2.24) is 14.7 Å². The van der Waals surface area contributed by atoms with E-state index < -0.39 is 18.7 Å². The van der Waals surface area contributed by atoms with E-state index in [4.69, 9.17) is 9.26 Å². The van der Waals surface area contributed by atoms with E-state index >= 15 is 0 Å². The van der Waals surface area contributed by atoms with Crippen LogP contribution in [0.3, 0.4) is 0 Å². The van der Waals surface area contributed by atoms with Gasteiger partial charge < -0.3 is 10.1 Å². The number of amides is 1. The van der Waals surface area contributed by atoms with Crippen LogP contribution in [0.25, 0.3) is 0 Å². The molecule has 0 bridgehead atoms. The van der Waals surface area contributed by atoms with Crippen molar-refractivity contribution in [3.63, 3.8) is 0 Å². The summed E-state index contributed by atoms with van der Waals surface area (Å²) in [5.74, 6) is 0.225. The van der Waals surface area contributed by atoms with Crippen molar-refractivity contribution in [3.05, 3.63) is 63.2 Å². The number of nitrogens with one attached hydrogen (secondary N) is 1. The summed E-state index contributed by atoms with van der Waals surface area (Å²) >= 11 is 0. The molecule has 0 saturated carbocycles. The standard InChI is InChI=1S/C21H23N4O6P/c1-22-21(26)14-2-5-16(6-3-14)30-20-13-17-15(12-18(20)25(27)28)4-7-19(17)31-32(29,23-8-9-23)24-10-11-24/h2-3,5-6,12-13,19H,4,7-11H2,1H3,(H,22,26). The molecular weight excluding hydrogens is 435 g/mol. The van der Waals surface area contributed by atoms with E-state index in [0.29, 0.717) is 24.2 Å². The first-order chi connectivity index (χ1) is 15.4. The molecule has 1 aliphatic carbocycles. The average Bonchev–Trinajstić information content (AvgIpc) is 3.70. The van der Waals surface area contributed by atoms with Gasteiger partial charge in [-0.25, -0.2) is 9.34 Å². The lowest BCUT2D eigenvalue weighted by Crippen LogP contribution is -2.17. The van der Waals surface area contributed by atoms with Gasteiger partial charge in [0.05, 0.1) is 11.0 Å². The molecule has 168 valence electrons. The summed E-state index contributed by atoms with van der Waals surface area (Å²) < 4.78 is 29.2. The van der Waals surface area contributed by atoms with Gasteiger partial charge in [-0.05, 0) is 54.3 Å². The van der Waals surface area contributed by atoms with Gasteiger partial charge in [0, 0.05) is 44.9 Å². The van der Waals surface area contributed by atoms with Gasteiger partial charge in [0.25, 0.3) is 5.91 Å². The molecule has 2 aromatic rings. The molecule has 0 spiro atoms. The molecule has 1 N–H and O–H groups in total. The Morgan fingerprint density at radius 3 is 2.38 bits per heavy atom. The monoisotopic (exact) mass is 458 g/mol. The highest BCUT2D eigenvalue weighted by Crippen LogP contribution is 2.64. The fourth-order valence-corrected chi connectivity index (χ4v) is 6.30. The van der Waals surface area contributed by atoms with Gasteiger partial charge in [-0.15, -0.1) is 0 Å². The Balaban J connectivity index is 1.43. The zero-order valence-electron chi connectivity index (χ0n) is 17.5. The molecule has 3 aliphatic rings. The molecular formula is C21H23N4O6P. The van der Waals surface area contributed by atoms with Crippen LogP contribution in [0.5, 0.6) is 11.5 Å². The maximum Gasteiger partial charge on any atom is 0.346 e. The molecule has 5 rings (SSSR count). The van der Waals surface area contributed by atoms with Crippen molar-refractivity contribution in [3.8, 4) is 11.5 Å². The Kier molecular flexibility index (Phi) is 5.25. The Labute approximate surface area is 184 Å². The number of nitro benzene ring substituents is 1. The van der Waals surface area contributed by atoms with Crippen LogP contribution < -0.4 is 10.1 Å². The van der Waals surface area contributed by atoms with Crippen LogP contribution in [-0.2, 0) is 15.5 Å². The molecule has 11 heteroatoms. The molecule has 10 nitrogen and oxygen atoms in total. The summed E-state index contributed by atoms with van der Waals surface area (Å²) in [7, 11) is -1.48. The van der Waals surface area contributed by atoms with E-state index in [-0.39, 0.29) is 17.3 Å². The summed E-state index contributed by atoms with van der Waals surface area (Å²) in [6, 6.07) is 9.50. The average molecular weight is 458 g/mol. The van der Waals surface area contributed by atoms with Gasteiger partial charge in [-0.1, -0.05) is 0 Å². The molecule has 2 saturated heterocycles.